The maximum Gasteiger partial charge on any atom is 0.276 e. The first kappa shape index (κ1) is 17.2. The lowest BCUT2D eigenvalue weighted by Gasteiger charge is -2.23. The number of sulfone groups is 1. The number of nitrogens with one attached hydrogen (secondary N) is 2. The van der Waals surface area contributed by atoms with Crippen LogP contribution in [0.25, 0.3) is 0 Å². The minimum atomic E-state index is -3.26. The number of nitrogens with zero attached hydrogens (tertiary/aromatic N) is 2. The number of anilines is 2. The molecular weight excluding hydrogens is 296 g/mol. The molecule has 2 N–H and O–H groups in total. The zero-order valence-corrected chi connectivity index (χ0v) is 13.3. The summed E-state index contributed by atoms with van der Waals surface area (Å²) in [6.45, 7) is 5.68. The molecule has 0 amide bonds. The number of aromatic nitrogens is 1. The average Bonchev–Trinajstić information content (AvgIpc) is 2.35. The van der Waals surface area contributed by atoms with Gasteiger partial charge in [-0.3, -0.25) is 10.1 Å². The van der Waals surface area contributed by atoms with E-state index in [1.54, 1.807) is 13.8 Å². The van der Waals surface area contributed by atoms with E-state index >= 15 is 0 Å². The first-order chi connectivity index (χ1) is 9.56. The maximum atomic E-state index is 11.6. The van der Waals surface area contributed by atoms with Gasteiger partial charge in [-0.05, 0) is 20.8 Å². The standard InChI is InChI=1S/C12H20N4O4S/c1-5-13-10-6-9(16(17)18)7-11(15-10)14-8-12(2,3)21(4,19)20/h6-7H,5,8H2,1-4H3,(H2,13,14,15). The number of rotatable bonds is 7. The van der Waals surface area contributed by atoms with Crippen molar-refractivity contribution in [2.45, 2.75) is 25.5 Å². The highest BCUT2D eigenvalue weighted by Crippen LogP contribution is 2.22. The van der Waals surface area contributed by atoms with Gasteiger partial charge in [0.25, 0.3) is 5.69 Å². The molecule has 0 aliphatic rings. The summed E-state index contributed by atoms with van der Waals surface area (Å²) in [6.07, 6.45) is 1.15. The zero-order chi connectivity index (χ0) is 16.3. The Kier molecular flexibility index (Phi) is 5.10. The van der Waals surface area contributed by atoms with E-state index in [0.29, 0.717) is 12.4 Å². The van der Waals surface area contributed by atoms with E-state index in [4.69, 9.17) is 0 Å². The van der Waals surface area contributed by atoms with Crippen LogP contribution < -0.4 is 10.6 Å². The largest absolute Gasteiger partial charge is 0.370 e. The van der Waals surface area contributed by atoms with Gasteiger partial charge in [0.05, 0.1) is 21.8 Å². The van der Waals surface area contributed by atoms with Crippen LogP contribution in [0.5, 0.6) is 0 Å². The Morgan fingerprint density at radius 2 is 1.81 bits per heavy atom. The first-order valence-electron chi connectivity index (χ1n) is 6.40. The van der Waals surface area contributed by atoms with Gasteiger partial charge in [-0.2, -0.15) is 0 Å². The van der Waals surface area contributed by atoms with Crippen molar-refractivity contribution in [2.75, 3.05) is 30.0 Å². The molecule has 21 heavy (non-hydrogen) atoms. The quantitative estimate of drug-likeness (QED) is 0.580. The average molecular weight is 316 g/mol. The predicted octanol–water partition coefficient (Wildman–Crippen LogP) is 1.66. The van der Waals surface area contributed by atoms with Gasteiger partial charge in [0.2, 0.25) is 0 Å². The molecule has 0 saturated heterocycles. The Hall–Kier alpha value is -1.90. The molecule has 1 heterocycles. The molecule has 1 rings (SSSR count). The maximum absolute atomic E-state index is 11.6. The SMILES string of the molecule is CCNc1cc([N+](=O)[O-])cc(NCC(C)(C)S(C)(=O)=O)n1. The van der Waals surface area contributed by atoms with Crippen LogP contribution in [-0.4, -0.2) is 42.4 Å². The third-order valence-electron chi connectivity index (χ3n) is 3.08. The molecule has 1 aromatic rings. The molecule has 8 nitrogen and oxygen atoms in total. The van der Waals surface area contributed by atoms with Crippen molar-refractivity contribution in [3.8, 4) is 0 Å². The van der Waals surface area contributed by atoms with Gasteiger partial charge in [0.15, 0.2) is 9.84 Å². The summed E-state index contributed by atoms with van der Waals surface area (Å²) in [4.78, 5) is 14.5. The molecule has 0 atom stereocenters. The fourth-order valence-corrected chi connectivity index (χ4v) is 1.75. The van der Waals surface area contributed by atoms with Crippen LogP contribution in [0.3, 0.4) is 0 Å². The van der Waals surface area contributed by atoms with E-state index in [1.807, 2.05) is 6.92 Å². The summed E-state index contributed by atoms with van der Waals surface area (Å²) >= 11 is 0. The van der Waals surface area contributed by atoms with Gasteiger partial charge < -0.3 is 10.6 Å². The Balaban J connectivity index is 3.00. The molecule has 9 heteroatoms. The van der Waals surface area contributed by atoms with Gasteiger partial charge in [-0.25, -0.2) is 13.4 Å². The van der Waals surface area contributed by atoms with Crippen LogP contribution in [0, 0.1) is 10.1 Å². The third kappa shape index (κ3) is 4.55. The molecule has 0 aromatic carbocycles. The van der Waals surface area contributed by atoms with Crippen molar-refractivity contribution in [2.24, 2.45) is 0 Å². The molecule has 0 aliphatic carbocycles. The van der Waals surface area contributed by atoms with Crippen molar-refractivity contribution in [1.82, 2.24) is 4.98 Å². The monoisotopic (exact) mass is 316 g/mol. The lowest BCUT2D eigenvalue weighted by molar-refractivity contribution is -0.384. The van der Waals surface area contributed by atoms with E-state index in [0.717, 1.165) is 6.26 Å². The second-order valence-corrected chi connectivity index (χ2v) is 7.92. The Bertz CT molecular complexity index is 628. The highest BCUT2D eigenvalue weighted by atomic mass is 32.2. The summed E-state index contributed by atoms with van der Waals surface area (Å²) in [7, 11) is -3.26. The van der Waals surface area contributed by atoms with E-state index < -0.39 is 19.5 Å². The topological polar surface area (TPSA) is 114 Å². The van der Waals surface area contributed by atoms with Crippen LogP contribution in [0.4, 0.5) is 17.3 Å². The third-order valence-corrected chi connectivity index (χ3v) is 5.23. The molecule has 0 aliphatic heterocycles. The van der Waals surface area contributed by atoms with Gasteiger partial charge in [-0.1, -0.05) is 0 Å². The fourth-order valence-electron chi connectivity index (χ4n) is 1.42. The van der Waals surface area contributed by atoms with Crippen LogP contribution in [0.15, 0.2) is 12.1 Å². The molecule has 0 fully saturated rings. The van der Waals surface area contributed by atoms with Crippen molar-refractivity contribution in [3.05, 3.63) is 22.2 Å². The minimum Gasteiger partial charge on any atom is -0.370 e. The van der Waals surface area contributed by atoms with Crippen molar-refractivity contribution >= 4 is 27.2 Å². The van der Waals surface area contributed by atoms with E-state index in [9.17, 15) is 18.5 Å². The molecular formula is C12H20N4O4S. The van der Waals surface area contributed by atoms with E-state index in [2.05, 4.69) is 15.6 Å². The lowest BCUT2D eigenvalue weighted by Crippen LogP contribution is -2.38. The number of nitro groups is 1. The number of hydrogen-bond acceptors (Lipinski definition) is 7. The van der Waals surface area contributed by atoms with Crippen LogP contribution in [0.1, 0.15) is 20.8 Å². The minimum absolute atomic E-state index is 0.103. The van der Waals surface area contributed by atoms with Crippen LogP contribution in [-0.2, 0) is 9.84 Å². The molecule has 0 unspecified atom stereocenters. The molecule has 0 saturated carbocycles. The summed E-state index contributed by atoms with van der Waals surface area (Å²) < 4.78 is 22.3. The van der Waals surface area contributed by atoms with Crippen molar-refractivity contribution < 1.29 is 13.3 Å². The van der Waals surface area contributed by atoms with Crippen LogP contribution in [0.2, 0.25) is 0 Å². The molecule has 118 valence electrons. The lowest BCUT2D eigenvalue weighted by atomic mass is 10.2. The van der Waals surface area contributed by atoms with E-state index in [-0.39, 0.29) is 18.1 Å². The van der Waals surface area contributed by atoms with Gasteiger partial charge in [-0.15, -0.1) is 0 Å². The molecule has 0 bridgehead atoms. The highest BCUT2D eigenvalue weighted by molar-refractivity contribution is 7.92. The second-order valence-electron chi connectivity index (χ2n) is 5.27. The highest BCUT2D eigenvalue weighted by Gasteiger charge is 2.30. The first-order valence-corrected chi connectivity index (χ1v) is 8.30. The summed E-state index contributed by atoms with van der Waals surface area (Å²) in [5.74, 6) is 0.628. The fraction of sp³-hybridized carbons (Fsp3) is 0.583. The summed E-state index contributed by atoms with van der Waals surface area (Å²) in [5, 5.41) is 16.6. The molecule has 0 spiro atoms. The Labute approximate surface area is 124 Å². The second kappa shape index (κ2) is 6.25. The molecule has 0 radical (unpaired) electrons. The van der Waals surface area contributed by atoms with Crippen LogP contribution >= 0.6 is 0 Å². The molecule has 1 aromatic heterocycles. The van der Waals surface area contributed by atoms with Crippen molar-refractivity contribution in [1.29, 1.82) is 0 Å². The Morgan fingerprint density at radius 3 is 2.24 bits per heavy atom. The van der Waals surface area contributed by atoms with Gasteiger partial charge in [0.1, 0.15) is 11.6 Å². The van der Waals surface area contributed by atoms with E-state index in [1.165, 1.54) is 12.1 Å². The van der Waals surface area contributed by atoms with Gasteiger partial charge in [0, 0.05) is 19.3 Å². The normalized spacial score (nSPS) is 12.0. The zero-order valence-electron chi connectivity index (χ0n) is 12.5. The summed E-state index contributed by atoms with van der Waals surface area (Å²) in [6, 6.07) is 2.61. The Morgan fingerprint density at radius 1 is 1.29 bits per heavy atom. The number of hydrogen-bond donors (Lipinski definition) is 2. The number of pyridine rings is 1. The van der Waals surface area contributed by atoms with Gasteiger partial charge >= 0.3 is 0 Å². The predicted molar refractivity (Wildman–Crippen MR) is 82.5 cm³/mol. The summed E-state index contributed by atoms with van der Waals surface area (Å²) in [5.41, 5.74) is -0.111. The van der Waals surface area contributed by atoms with Crippen molar-refractivity contribution in [3.63, 3.8) is 0 Å². The smallest absolute Gasteiger partial charge is 0.276 e.